The largest absolute Gasteiger partial charge is 0.396 e. The topological polar surface area (TPSA) is 95.3 Å². The summed E-state index contributed by atoms with van der Waals surface area (Å²) in [6.07, 6.45) is -1.31. The lowest BCUT2D eigenvalue weighted by atomic mass is 10.0. The lowest BCUT2D eigenvalue weighted by molar-refractivity contribution is 0.0722. The molecule has 1 saturated carbocycles. The Morgan fingerprint density at radius 2 is 2.22 bits per heavy atom. The summed E-state index contributed by atoms with van der Waals surface area (Å²) in [6, 6.07) is -0.956. The van der Waals surface area contributed by atoms with Crippen molar-refractivity contribution in [3.05, 3.63) is 30.6 Å². The van der Waals surface area contributed by atoms with Gasteiger partial charge in [0.1, 0.15) is 6.17 Å². The van der Waals surface area contributed by atoms with Gasteiger partial charge < -0.3 is 10.2 Å². The van der Waals surface area contributed by atoms with Crippen LogP contribution >= 0.6 is 22.6 Å². The molecular formula is C10H12FIN2O4. The minimum Gasteiger partial charge on any atom is -0.396 e. The van der Waals surface area contributed by atoms with Crippen LogP contribution in [0.25, 0.3) is 0 Å². The van der Waals surface area contributed by atoms with Gasteiger partial charge >= 0.3 is 5.69 Å². The Kier molecular flexibility index (Phi) is 3.87. The third-order valence-electron chi connectivity index (χ3n) is 3.23. The molecule has 18 heavy (non-hydrogen) atoms. The van der Waals surface area contributed by atoms with Gasteiger partial charge in [0.2, 0.25) is 0 Å². The van der Waals surface area contributed by atoms with E-state index in [-0.39, 0.29) is 9.99 Å². The van der Waals surface area contributed by atoms with Crippen molar-refractivity contribution in [1.82, 2.24) is 9.55 Å². The SMILES string of the molecule is O=c1[nH]c(=O)n(C2C(F)CC(O)C2CO)cc1I. The third kappa shape index (κ3) is 2.24. The van der Waals surface area contributed by atoms with Crippen molar-refractivity contribution < 1.29 is 14.6 Å². The Labute approximate surface area is 115 Å². The Bertz CT molecular complexity index is 558. The number of aliphatic hydroxyl groups is 2. The lowest BCUT2D eigenvalue weighted by Gasteiger charge is -2.22. The number of halogens is 2. The summed E-state index contributed by atoms with van der Waals surface area (Å²) in [7, 11) is 0. The van der Waals surface area contributed by atoms with Gasteiger partial charge in [0.15, 0.2) is 0 Å². The second kappa shape index (κ2) is 5.10. The van der Waals surface area contributed by atoms with Crippen molar-refractivity contribution in [2.45, 2.75) is 24.7 Å². The van der Waals surface area contributed by atoms with Gasteiger partial charge in [-0.3, -0.25) is 14.3 Å². The molecule has 1 aromatic heterocycles. The number of H-pyrrole nitrogens is 1. The molecule has 0 bridgehead atoms. The zero-order valence-corrected chi connectivity index (χ0v) is 11.4. The van der Waals surface area contributed by atoms with Gasteiger partial charge in [-0.25, -0.2) is 9.18 Å². The van der Waals surface area contributed by atoms with Crippen molar-refractivity contribution in [3.63, 3.8) is 0 Å². The number of rotatable bonds is 2. The van der Waals surface area contributed by atoms with Crippen molar-refractivity contribution >= 4 is 22.6 Å². The molecule has 0 spiro atoms. The van der Waals surface area contributed by atoms with Crippen LogP contribution in [0.15, 0.2) is 15.8 Å². The number of nitrogens with zero attached hydrogens (tertiary/aromatic N) is 1. The Morgan fingerprint density at radius 3 is 2.83 bits per heavy atom. The molecule has 1 aliphatic rings. The average molecular weight is 370 g/mol. The molecule has 0 amide bonds. The molecule has 2 rings (SSSR count). The summed E-state index contributed by atoms with van der Waals surface area (Å²) >= 11 is 1.73. The molecule has 100 valence electrons. The third-order valence-corrected chi connectivity index (χ3v) is 3.99. The van der Waals surface area contributed by atoms with E-state index in [4.69, 9.17) is 0 Å². The molecule has 4 atom stereocenters. The molecule has 1 aromatic rings. The maximum atomic E-state index is 13.8. The van der Waals surface area contributed by atoms with E-state index in [0.29, 0.717) is 0 Å². The summed E-state index contributed by atoms with van der Waals surface area (Å²) in [4.78, 5) is 25.0. The molecule has 1 fully saturated rings. The van der Waals surface area contributed by atoms with Gasteiger partial charge in [-0.05, 0) is 22.6 Å². The fraction of sp³-hybridized carbons (Fsp3) is 0.600. The Hall–Kier alpha value is -0.740. The first-order valence-electron chi connectivity index (χ1n) is 5.39. The van der Waals surface area contributed by atoms with Crippen molar-refractivity contribution in [1.29, 1.82) is 0 Å². The Morgan fingerprint density at radius 1 is 1.56 bits per heavy atom. The summed E-state index contributed by atoms with van der Waals surface area (Å²) in [6.45, 7) is -0.422. The second-order valence-corrected chi connectivity index (χ2v) is 5.46. The van der Waals surface area contributed by atoms with E-state index in [9.17, 15) is 24.2 Å². The first-order valence-corrected chi connectivity index (χ1v) is 6.47. The first-order chi connectivity index (χ1) is 8.45. The average Bonchev–Trinajstić information content (AvgIpc) is 2.58. The molecule has 6 nitrogen and oxygen atoms in total. The fourth-order valence-electron chi connectivity index (χ4n) is 2.33. The molecule has 0 aliphatic heterocycles. The molecular weight excluding hydrogens is 358 g/mol. The number of aliphatic hydroxyl groups excluding tert-OH is 2. The van der Waals surface area contributed by atoms with Crippen LogP contribution < -0.4 is 11.2 Å². The van der Waals surface area contributed by atoms with Gasteiger partial charge in [0.25, 0.3) is 5.56 Å². The minimum atomic E-state index is -1.43. The van der Waals surface area contributed by atoms with Crippen LogP contribution in [0.2, 0.25) is 0 Å². The standard InChI is InChI=1S/C10H12FIN2O4/c11-5-1-7(16)4(3-15)8(5)14-2-6(12)9(17)13-10(14)18/h2,4-5,7-8,15-16H,1,3H2,(H,13,17,18). The molecule has 1 heterocycles. The number of aromatic amines is 1. The van der Waals surface area contributed by atoms with Crippen LogP contribution in [0.3, 0.4) is 0 Å². The summed E-state index contributed by atoms with van der Waals surface area (Å²) in [5.41, 5.74) is -1.27. The van der Waals surface area contributed by atoms with Crippen LogP contribution in [-0.2, 0) is 0 Å². The summed E-state index contributed by atoms with van der Waals surface area (Å²) in [5, 5.41) is 18.8. The van der Waals surface area contributed by atoms with E-state index in [1.54, 1.807) is 22.6 Å². The summed E-state index contributed by atoms with van der Waals surface area (Å²) in [5.74, 6) is -0.751. The molecule has 3 N–H and O–H groups in total. The zero-order chi connectivity index (χ0) is 13.4. The minimum absolute atomic E-state index is 0.127. The van der Waals surface area contributed by atoms with Crippen molar-refractivity contribution in [3.8, 4) is 0 Å². The summed E-state index contributed by atoms with van der Waals surface area (Å²) < 4.78 is 15.1. The molecule has 1 aliphatic carbocycles. The van der Waals surface area contributed by atoms with Crippen LogP contribution in [0.1, 0.15) is 12.5 Å². The van der Waals surface area contributed by atoms with E-state index in [2.05, 4.69) is 4.98 Å². The van der Waals surface area contributed by atoms with Crippen molar-refractivity contribution in [2.75, 3.05) is 6.61 Å². The van der Waals surface area contributed by atoms with Crippen LogP contribution in [0.4, 0.5) is 4.39 Å². The van der Waals surface area contributed by atoms with Gasteiger partial charge in [0, 0.05) is 18.5 Å². The molecule has 0 radical (unpaired) electrons. The number of alkyl halides is 1. The fourth-order valence-corrected chi connectivity index (χ4v) is 2.77. The molecule has 8 heteroatoms. The highest BCUT2D eigenvalue weighted by Gasteiger charge is 2.44. The normalized spacial score (nSPS) is 31.8. The van der Waals surface area contributed by atoms with E-state index in [1.165, 1.54) is 6.20 Å². The maximum Gasteiger partial charge on any atom is 0.328 e. The highest BCUT2D eigenvalue weighted by Crippen LogP contribution is 2.37. The van der Waals surface area contributed by atoms with Crippen LogP contribution in [-0.4, -0.2) is 38.6 Å². The second-order valence-electron chi connectivity index (χ2n) is 4.30. The monoisotopic (exact) mass is 370 g/mol. The molecule has 0 aromatic carbocycles. The number of hydrogen-bond donors (Lipinski definition) is 3. The molecule has 4 unspecified atom stereocenters. The maximum absolute atomic E-state index is 13.8. The van der Waals surface area contributed by atoms with E-state index < -0.39 is 42.1 Å². The molecule has 0 saturated heterocycles. The van der Waals surface area contributed by atoms with Gasteiger partial charge in [-0.15, -0.1) is 0 Å². The smallest absolute Gasteiger partial charge is 0.328 e. The van der Waals surface area contributed by atoms with Gasteiger partial charge in [-0.2, -0.15) is 0 Å². The van der Waals surface area contributed by atoms with Crippen molar-refractivity contribution in [2.24, 2.45) is 5.92 Å². The number of hydrogen-bond acceptors (Lipinski definition) is 4. The van der Waals surface area contributed by atoms with Crippen LogP contribution in [0, 0.1) is 9.49 Å². The first kappa shape index (κ1) is 13.7. The Balaban J connectivity index is 2.51. The van der Waals surface area contributed by atoms with E-state index in [1.807, 2.05) is 0 Å². The van der Waals surface area contributed by atoms with E-state index in [0.717, 1.165) is 4.57 Å². The van der Waals surface area contributed by atoms with Crippen LogP contribution in [0.5, 0.6) is 0 Å². The lowest BCUT2D eigenvalue weighted by Crippen LogP contribution is -2.38. The zero-order valence-electron chi connectivity index (χ0n) is 9.22. The van der Waals surface area contributed by atoms with E-state index >= 15 is 0 Å². The number of aromatic nitrogens is 2. The van der Waals surface area contributed by atoms with Gasteiger partial charge in [-0.1, -0.05) is 0 Å². The van der Waals surface area contributed by atoms with Gasteiger partial charge in [0.05, 0.1) is 22.3 Å². The predicted molar refractivity (Wildman–Crippen MR) is 69.2 cm³/mol. The highest BCUT2D eigenvalue weighted by atomic mass is 127. The quantitative estimate of drug-likeness (QED) is 0.606. The number of nitrogens with one attached hydrogen (secondary N) is 1. The highest BCUT2D eigenvalue weighted by molar-refractivity contribution is 14.1. The predicted octanol–water partition coefficient (Wildman–Crippen LogP) is -0.607.